The van der Waals surface area contributed by atoms with Gasteiger partial charge in [-0.3, -0.25) is 14.9 Å². The van der Waals surface area contributed by atoms with Crippen LogP contribution in [0.3, 0.4) is 0 Å². The second kappa shape index (κ2) is 7.83. The summed E-state index contributed by atoms with van der Waals surface area (Å²) in [6, 6.07) is 7.51. The van der Waals surface area contributed by atoms with Crippen LogP contribution in [0.25, 0.3) is 5.70 Å². The number of carbonyl (C=O) groups excluding carboxylic acids is 1. The van der Waals surface area contributed by atoms with E-state index in [1.165, 1.54) is 6.20 Å². The summed E-state index contributed by atoms with van der Waals surface area (Å²) in [5, 5.41) is 22.4. The van der Waals surface area contributed by atoms with Crippen LogP contribution in [0.2, 0.25) is 0 Å². The fourth-order valence-electron chi connectivity index (χ4n) is 3.17. The molecule has 4 rings (SSSR count). The summed E-state index contributed by atoms with van der Waals surface area (Å²) >= 11 is 0. The van der Waals surface area contributed by atoms with Crippen molar-refractivity contribution in [3.63, 3.8) is 0 Å². The predicted molar refractivity (Wildman–Crippen MR) is 99.0 cm³/mol. The number of azo groups is 1. The minimum atomic E-state index is -0.186. The Labute approximate surface area is 157 Å². The third-order valence-electron chi connectivity index (χ3n) is 4.67. The van der Waals surface area contributed by atoms with Crippen LogP contribution in [-0.4, -0.2) is 60.5 Å². The Morgan fingerprint density at radius 3 is 2.89 bits per heavy atom. The molecule has 0 aliphatic carbocycles. The van der Waals surface area contributed by atoms with Crippen LogP contribution in [0.1, 0.15) is 5.56 Å². The first-order chi connectivity index (χ1) is 13.2. The van der Waals surface area contributed by atoms with Gasteiger partial charge in [0.2, 0.25) is 0 Å². The summed E-state index contributed by atoms with van der Waals surface area (Å²) in [6.45, 7) is 4.59. The fraction of sp³-hybridized carbons (Fsp3) is 0.316. The van der Waals surface area contributed by atoms with Crippen molar-refractivity contribution in [1.82, 2.24) is 15.3 Å². The molecule has 1 aromatic rings. The summed E-state index contributed by atoms with van der Waals surface area (Å²) in [5.41, 5.74) is 2.99. The molecule has 1 amide bonds. The van der Waals surface area contributed by atoms with E-state index in [1.807, 2.05) is 24.3 Å². The summed E-state index contributed by atoms with van der Waals surface area (Å²) in [7, 11) is 0. The topological polar surface area (TPSA) is 89.8 Å². The molecule has 27 heavy (non-hydrogen) atoms. The van der Waals surface area contributed by atoms with Crippen LogP contribution < -0.4 is 5.32 Å². The van der Waals surface area contributed by atoms with Gasteiger partial charge in [-0.15, -0.1) is 10.2 Å². The first kappa shape index (κ1) is 17.6. The largest absolute Gasteiger partial charge is 0.379 e. The molecule has 0 bridgehead atoms. The van der Waals surface area contributed by atoms with E-state index in [2.05, 4.69) is 20.4 Å². The van der Waals surface area contributed by atoms with Gasteiger partial charge < -0.3 is 10.1 Å². The van der Waals surface area contributed by atoms with Crippen molar-refractivity contribution in [2.24, 2.45) is 10.2 Å². The Bertz CT molecular complexity index is 853. The van der Waals surface area contributed by atoms with Crippen LogP contribution in [-0.2, 0) is 9.53 Å². The molecule has 3 heterocycles. The SMILES string of the molecule is O=C(NCCN1CCOCC1)C1=CC(=C2N=Nc3ccccc32)N(O)C=C1. The molecule has 0 spiro atoms. The quantitative estimate of drug-likeness (QED) is 0.850. The molecule has 0 unspecified atom stereocenters. The molecular weight excluding hydrogens is 346 g/mol. The zero-order valence-corrected chi connectivity index (χ0v) is 14.8. The number of rotatable bonds is 4. The van der Waals surface area contributed by atoms with E-state index in [9.17, 15) is 10.0 Å². The lowest BCUT2D eigenvalue weighted by Gasteiger charge is -2.26. The van der Waals surface area contributed by atoms with Gasteiger partial charge in [-0.2, -0.15) is 0 Å². The van der Waals surface area contributed by atoms with E-state index in [-0.39, 0.29) is 5.91 Å². The van der Waals surface area contributed by atoms with Gasteiger partial charge >= 0.3 is 0 Å². The Hall–Kier alpha value is -2.81. The number of nitrogens with one attached hydrogen (secondary N) is 1. The lowest BCUT2D eigenvalue weighted by Crippen LogP contribution is -2.41. The summed E-state index contributed by atoms with van der Waals surface area (Å²) in [5.74, 6) is -0.186. The number of amides is 1. The first-order valence-corrected chi connectivity index (χ1v) is 8.94. The van der Waals surface area contributed by atoms with Crippen molar-refractivity contribution in [2.45, 2.75) is 0 Å². The molecule has 140 valence electrons. The smallest absolute Gasteiger partial charge is 0.251 e. The molecule has 0 radical (unpaired) electrons. The Kier molecular flexibility index (Phi) is 5.10. The van der Waals surface area contributed by atoms with Crippen molar-refractivity contribution in [3.05, 3.63) is 59.5 Å². The van der Waals surface area contributed by atoms with Gasteiger partial charge in [0.25, 0.3) is 5.91 Å². The van der Waals surface area contributed by atoms with Crippen LogP contribution in [0.4, 0.5) is 5.69 Å². The Morgan fingerprint density at radius 1 is 1.22 bits per heavy atom. The van der Waals surface area contributed by atoms with Gasteiger partial charge in [0.15, 0.2) is 0 Å². The first-order valence-electron chi connectivity index (χ1n) is 8.94. The fourth-order valence-corrected chi connectivity index (χ4v) is 3.17. The third kappa shape index (κ3) is 3.82. The molecule has 3 aliphatic rings. The maximum atomic E-state index is 12.5. The lowest BCUT2D eigenvalue weighted by molar-refractivity contribution is -0.117. The van der Waals surface area contributed by atoms with Gasteiger partial charge in [0.05, 0.1) is 24.6 Å². The molecule has 1 saturated heterocycles. The lowest BCUT2D eigenvalue weighted by atomic mass is 10.1. The highest BCUT2D eigenvalue weighted by molar-refractivity contribution is 5.97. The van der Waals surface area contributed by atoms with Crippen molar-refractivity contribution in [1.29, 1.82) is 0 Å². The number of hydrogen-bond acceptors (Lipinski definition) is 7. The van der Waals surface area contributed by atoms with Crippen molar-refractivity contribution < 1.29 is 14.7 Å². The molecule has 8 nitrogen and oxygen atoms in total. The molecule has 3 aliphatic heterocycles. The van der Waals surface area contributed by atoms with Crippen LogP contribution in [0.15, 0.2) is 64.1 Å². The maximum Gasteiger partial charge on any atom is 0.251 e. The average Bonchev–Trinajstić information content (AvgIpc) is 3.13. The molecule has 1 aromatic carbocycles. The van der Waals surface area contributed by atoms with Gasteiger partial charge in [0.1, 0.15) is 5.70 Å². The van der Waals surface area contributed by atoms with Gasteiger partial charge in [0, 0.05) is 43.5 Å². The highest BCUT2D eigenvalue weighted by Gasteiger charge is 2.23. The van der Waals surface area contributed by atoms with E-state index in [1.54, 1.807) is 12.2 Å². The standard InChI is InChI=1S/C19H21N5O3/c25-19(20-6-8-23-9-11-27-12-10-23)14-5-7-24(26)17(13-14)18-15-3-1-2-4-16(15)21-22-18/h1-5,7,13,26H,6,8-12H2,(H,20,25). The number of morpholine rings is 1. The Balaban J connectivity index is 1.46. The van der Waals surface area contributed by atoms with Crippen LogP contribution in [0.5, 0.6) is 0 Å². The van der Waals surface area contributed by atoms with E-state index in [4.69, 9.17) is 4.74 Å². The van der Waals surface area contributed by atoms with Gasteiger partial charge in [-0.25, -0.2) is 5.06 Å². The second-order valence-electron chi connectivity index (χ2n) is 6.42. The normalized spacial score (nSPS) is 22.0. The zero-order chi connectivity index (χ0) is 18.6. The predicted octanol–water partition coefficient (Wildman–Crippen LogP) is 2.05. The number of allylic oxidation sites excluding steroid dienone is 1. The monoisotopic (exact) mass is 367 g/mol. The number of nitrogens with zero attached hydrogens (tertiary/aromatic N) is 4. The van der Waals surface area contributed by atoms with Gasteiger partial charge in [-0.05, 0) is 18.2 Å². The number of ether oxygens (including phenoxy) is 1. The molecule has 8 heteroatoms. The molecule has 2 N–H and O–H groups in total. The number of benzene rings is 1. The van der Waals surface area contributed by atoms with Crippen molar-refractivity contribution in [3.8, 4) is 0 Å². The summed E-state index contributed by atoms with van der Waals surface area (Å²) in [4.78, 5) is 14.8. The Morgan fingerprint density at radius 2 is 2.04 bits per heavy atom. The maximum absolute atomic E-state index is 12.5. The van der Waals surface area contributed by atoms with E-state index in [0.29, 0.717) is 23.5 Å². The number of hydroxylamine groups is 2. The number of hydrogen-bond donors (Lipinski definition) is 2. The van der Waals surface area contributed by atoms with E-state index < -0.39 is 0 Å². The summed E-state index contributed by atoms with van der Waals surface area (Å²) < 4.78 is 5.32. The summed E-state index contributed by atoms with van der Waals surface area (Å²) in [6.07, 6.45) is 4.64. The number of fused-ring (bicyclic) bond motifs is 1. The van der Waals surface area contributed by atoms with E-state index >= 15 is 0 Å². The molecule has 1 fully saturated rings. The molecule has 0 aromatic heterocycles. The highest BCUT2D eigenvalue weighted by Crippen LogP contribution is 2.38. The molecular formula is C19H21N5O3. The molecule has 0 atom stereocenters. The van der Waals surface area contributed by atoms with Crippen molar-refractivity contribution >= 4 is 17.3 Å². The van der Waals surface area contributed by atoms with Crippen LogP contribution >= 0.6 is 0 Å². The third-order valence-corrected chi connectivity index (χ3v) is 4.67. The molecule has 0 saturated carbocycles. The highest BCUT2D eigenvalue weighted by atomic mass is 16.5. The minimum Gasteiger partial charge on any atom is -0.379 e. The van der Waals surface area contributed by atoms with Crippen molar-refractivity contribution in [2.75, 3.05) is 39.4 Å². The van der Waals surface area contributed by atoms with Crippen LogP contribution in [0, 0.1) is 0 Å². The average molecular weight is 367 g/mol. The second-order valence-corrected chi connectivity index (χ2v) is 6.42. The van der Waals surface area contributed by atoms with Gasteiger partial charge in [-0.1, -0.05) is 18.2 Å². The number of carbonyl (C=O) groups is 1. The minimum absolute atomic E-state index is 0.186. The zero-order valence-electron chi connectivity index (χ0n) is 14.8. The van der Waals surface area contributed by atoms with E-state index in [0.717, 1.165) is 49.2 Å².